The zero-order chi connectivity index (χ0) is 20.8. The molecule has 0 heterocycles. The number of unbranched alkanes of at least 4 members (excludes halogenated alkanes) is 1. The van der Waals surface area contributed by atoms with Gasteiger partial charge in [0.2, 0.25) is 0 Å². The molecule has 0 spiro atoms. The number of phenolic OH excluding ortho intramolecular Hbond substituents is 5. The number of aryl methyl sites for hydroxylation is 1. The Bertz CT molecular complexity index is 769. The van der Waals surface area contributed by atoms with Crippen molar-refractivity contribution >= 4 is 11.9 Å². The molecular formula is C19H20O9. The highest BCUT2D eigenvalue weighted by atomic mass is 16.5. The lowest BCUT2D eigenvalue weighted by molar-refractivity contribution is 0.0432. The molecule has 0 fully saturated rings. The van der Waals surface area contributed by atoms with Gasteiger partial charge >= 0.3 is 11.9 Å². The molecule has 0 unspecified atom stereocenters. The van der Waals surface area contributed by atoms with Gasteiger partial charge in [0.1, 0.15) is 0 Å². The molecule has 28 heavy (non-hydrogen) atoms. The normalized spacial score (nSPS) is 10.5. The largest absolute Gasteiger partial charge is 0.504 e. The lowest BCUT2D eigenvalue weighted by atomic mass is 10.1. The quantitative estimate of drug-likeness (QED) is 0.271. The van der Waals surface area contributed by atoms with Crippen LogP contribution in [0.1, 0.15) is 39.1 Å². The minimum absolute atomic E-state index is 0.0118. The van der Waals surface area contributed by atoms with Crippen LogP contribution in [0.15, 0.2) is 24.3 Å². The number of ether oxygens (including phenoxy) is 2. The Kier molecular flexibility index (Phi) is 6.54. The molecule has 0 saturated heterocycles. The summed E-state index contributed by atoms with van der Waals surface area (Å²) in [6.45, 7) is 1.60. The van der Waals surface area contributed by atoms with Crippen molar-refractivity contribution in [1.29, 1.82) is 0 Å². The topological polar surface area (TPSA) is 154 Å². The second-order valence-corrected chi connectivity index (χ2v) is 6.00. The summed E-state index contributed by atoms with van der Waals surface area (Å²) < 4.78 is 10.0. The van der Waals surface area contributed by atoms with Crippen LogP contribution in [-0.4, -0.2) is 50.7 Å². The lowest BCUT2D eigenvalue weighted by Crippen LogP contribution is -2.09. The molecule has 2 rings (SSSR count). The third-order valence-corrected chi connectivity index (χ3v) is 3.83. The molecule has 0 radical (unpaired) electrons. The van der Waals surface area contributed by atoms with Crippen molar-refractivity contribution in [3.63, 3.8) is 0 Å². The maximum Gasteiger partial charge on any atom is 0.338 e. The predicted molar refractivity (Wildman–Crippen MR) is 95.7 cm³/mol. The van der Waals surface area contributed by atoms with Crippen LogP contribution in [0.25, 0.3) is 0 Å². The van der Waals surface area contributed by atoms with Crippen molar-refractivity contribution in [2.45, 2.75) is 19.8 Å². The summed E-state index contributed by atoms with van der Waals surface area (Å²) in [6.07, 6.45) is 0.781. The second kappa shape index (κ2) is 8.85. The van der Waals surface area contributed by atoms with E-state index in [1.54, 1.807) is 0 Å². The molecule has 0 bridgehead atoms. The molecule has 9 heteroatoms. The first-order chi connectivity index (χ1) is 13.2. The number of hydrogen-bond donors (Lipinski definition) is 5. The van der Waals surface area contributed by atoms with Gasteiger partial charge in [0.25, 0.3) is 0 Å². The van der Waals surface area contributed by atoms with E-state index in [0.29, 0.717) is 18.4 Å². The minimum atomic E-state index is -0.794. The van der Waals surface area contributed by atoms with Gasteiger partial charge in [-0.15, -0.1) is 0 Å². The highest BCUT2D eigenvalue weighted by Gasteiger charge is 2.15. The molecule has 5 N–H and O–H groups in total. The number of benzene rings is 2. The van der Waals surface area contributed by atoms with Gasteiger partial charge in [-0.3, -0.25) is 0 Å². The number of aromatic hydroxyl groups is 5. The first kappa shape index (κ1) is 20.7. The zero-order valence-electron chi connectivity index (χ0n) is 15.0. The number of hydrogen-bond acceptors (Lipinski definition) is 9. The van der Waals surface area contributed by atoms with Gasteiger partial charge in [-0.1, -0.05) is 0 Å². The highest BCUT2D eigenvalue weighted by molar-refractivity contribution is 5.91. The van der Waals surface area contributed by atoms with Crippen LogP contribution >= 0.6 is 0 Å². The molecule has 0 aliphatic rings. The monoisotopic (exact) mass is 392 g/mol. The first-order valence-corrected chi connectivity index (χ1v) is 8.32. The zero-order valence-corrected chi connectivity index (χ0v) is 15.0. The Balaban J connectivity index is 1.73. The maximum atomic E-state index is 11.9. The Hall–Kier alpha value is -3.62. The van der Waals surface area contributed by atoms with Gasteiger partial charge in [0.05, 0.1) is 24.3 Å². The summed E-state index contributed by atoms with van der Waals surface area (Å²) in [5.41, 5.74) is 0.318. The van der Waals surface area contributed by atoms with Crippen LogP contribution in [0.4, 0.5) is 0 Å². The van der Waals surface area contributed by atoms with E-state index < -0.39 is 34.9 Å². The standard InChI is InChI=1S/C19H20O9/c1-10-6-11(7-13(20)16(10)23)18(25)27-4-2-3-5-28-19(26)12-8-14(21)17(24)15(22)9-12/h6-9,20-24H,2-5H2,1H3. The van der Waals surface area contributed by atoms with Crippen LogP contribution in [-0.2, 0) is 9.47 Å². The van der Waals surface area contributed by atoms with Crippen LogP contribution in [0, 0.1) is 6.92 Å². The van der Waals surface area contributed by atoms with E-state index in [4.69, 9.17) is 9.47 Å². The molecule has 2 aromatic rings. The van der Waals surface area contributed by atoms with Crippen molar-refractivity contribution in [3.8, 4) is 28.7 Å². The SMILES string of the molecule is Cc1cc(C(=O)OCCCCOC(=O)c2cc(O)c(O)c(O)c2)cc(O)c1O. The summed E-state index contributed by atoms with van der Waals surface area (Å²) in [5, 5.41) is 47.0. The van der Waals surface area contributed by atoms with Gasteiger partial charge in [-0.2, -0.15) is 0 Å². The summed E-state index contributed by atoms with van der Waals surface area (Å²) >= 11 is 0. The molecule has 0 aliphatic carbocycles. The van der Waals surface area contributed by atoms with E-state index in [9.17, 15) is 35.1 Å². The summed E-state index contributed by atoms with van der Waals surface area (Å²) in [5.74, 6) is -4.18. The Labute approximate surface area is 160 Å². The molecule has 0 aliphatic heterocycles. The Morgan fingerprint density at radius 1 is 0.714 bits per heavy atom. The van der Waals surface area contributed by atoms with Crippen LogP contribution in [0.5, 0.6) is 28.7 Å². The molecule has 150 valence electrons. The van der Waals surface area contributed by atoms with Crippen LogP contribution in [0.2, 0.25) is 0 Å². The molecule has 0 aromatic heterocycles. The smallest absolute Gasteiger partial charge is 0.338 e. The Morgan fingerprint density at radius 2 is 1.11 bits per heavy atom. The van der Waals surface area contributed by atoms with Crippen molar-refractivity contribution in [1.82, 2.24) is 0 Å². The fourth-order valence-corrected chi connectivity index (χ4v) is 2.30. The van der Waals surface area contributed by atoms with E-state index in [0.717, 1.165) is 18.2 Å². The van der Waals surface area contributed by atoms with Crippen LogP contribution in [0.3, 0.4) is 0 Å². The Morgan fingerprint density at radius 3 is 1.54 bits per heavy atom. The van der Waals surface area contributed by atoms with Gasteiger partial charge in [-0.05, 0) is 49.6 Å². The van der Waals surface area contributed by atoms with E-state index in [-0.39, 0.29) is 30.1 Å². The van der Waals surface area contributed by atoms with Gasteiger partial charge in [0, 0.05) is 0 Å². The van der Waals surface area contributed by atoms with E-state index >= 15 is 0 Å². The second-order valence-electron chi connectivity index (χ2n) is 6.00. The summed E-state index contributed by atoms with van der Waals surface area (Å²) in [6, 6.07) is 4.43. The van der Waals surface area contributed by atoms with Crippen molar-refractivity contribution in [2.75, 3.05) is 13.2 Å². The van der Waals surface area contributed by atoms with Crippen molar-refractivity contribution < 1.29 is 44.6 Å². The molecular weight excluding hydrogens is 372 g/mol. The molecule has 0 saturated carbocycles. The fourth-order valence-electron chi connectivity index (χ4n) is 2.30. The average molecular weight is 392 g/mol. The highest BCUT2D eigenvalue weighted by Crippen LogP contribution is 2.35. The number of carbonyl (C=O) groups excluding carboxylic acids is 2. The predicted octanol–water partition coefficient (Wildman–Crippen LogP) is 2.32. The molecule has 0 amide bonds. The van der Waals surface area contributed by atoms with E-state index in [1.165, 1.54) is 13.0 Å². The molecule has 2 aromatic carbocycles. The molecule has 9 nitrogen and oxygen atoms in total. The van der Waals surface area contributed by atoms with Gasteiger partial charge in [0.15, 0.2) is 28.7 Å². The van der Waals surface area contributed by atoms with Gasteiger partial charge in [-0.25, -0.2) is 9.59 Å². The number of esters is 2. The third kappa shape index (κ3) is 4.97. The van der Waals surface area contributed by atoms with Crippen LogP contribution < -0.4 is 0 Å². The summed E-state index contributed by atoms with van der Waals surface area (Å²) in [7, 11) is 0. The van der Waals surface area contributed by atoms with E-state index in [2.05, 4.69) is 0 Å². The number of carbonyl (C=O) groups is 2. The minimum Gasteiger partial charge on any atom is -0.504 e. The number of rotatable bonds is 7. The molecule has 0 atom stereocenters. The maximum absolute atomic E-state index is 11.9. The first-order valence-electron chi connectivity index (χ1n) is 8.32. The fraction of sp³-hybridized carbons (Fsp3) is 0.263. The van der Waals surface area contributed by atoms with Crippen molar-refractivity contribution in [2.24, 2.45) is 0 Å². The van der Waals surface area contributed by atoms with Gasteiger partial charge < -0.3 is 35.0 Å². The number of phenols is 5. The third-order valence-electron chi connectivity index (χ3n) is 3.83. The lowest BCUT2D eigenvalue weighted by Gasteiger charge is -2.09. The average Bonchev–Trinajstić information content (AvgIpc) is 2.65. The van der Waals surface area contributed by atoms with Crippen molar-refractivity contribution in [3.05, 3.63) is 41.0 Å². The van der Waals surface area contributed by atoms with E-state index in [1.807, 2.05) is 0 Å². The summed E-state index contributed by atoms with van der Waals surface area (Å²) in [4.78, 5) is 23.7.